The number of amides is 1. The lowest BCUT2D eigenvalue weighted by Crippen LogP contribution is -2.50. The van der Waals surface area contributed by atoms with Crippen LogP contribution in [0.15, 0.2) is 41.0 Å². The number of halogens is 1. The molecule has 2 aromatic heterocycles. The number of thiophene rings is 1. The molecule has 1 aliphatic rings. The third kappa shape index (κ3) is 4.29. The van der Waals surface area contributed by atoms with Gasteiger partial charge < -0.3 is 9.80 Å². The van der Waals surface area contributed by atoms with E-state index in [9.17, 15) is 9.18 Å². The summed E-state index contributed by atoms with van der Waals surface area (Å²) in [6, 6.07) is 6.44. The van der Waals surface area contributed by atoms with E-state index < -0.39 is 0 Å². The largest absolute Gasteiger partial charge is 0.339 e. The average Bonchev–Trinajstić information content (AvgIpc) is 3.19. The number of aromatic nitrogens is 2. The van der Waals surface area contributed by atoms with Gasteiger partial charge in [-0.15, -0.1) is 11.3 Å². The van der Waals surface area contributed by atoms with Gasteiger partial charge in [0.25, 0.3) is 0 Å². The van der Waals surface area contributed by atoms with Gasteiger partial charge in [-0.05, 0) is 31.2 Å². The first-order chi connectivity index (χ1) is 14.1. The van der Waals surface area contributed by atoms with Crippen molar-refractivity contribution in [3.05, 3.63) is 41.8 Å². The summed E-state index contributed by atoms with van der Waals surface area (Å²) in [6.45, 7) is 8.52. The van der Waals surface area contributed by atoms with Crippen LogP contribution < -0.4 is 0 Å². The Morgan fingerprint density at radius 2 is 1.93 bits per heavy atom. The molecule has 0 saturated carbocycles. The second-order valence-electron chi connectivity index (χ2n) is 7.03. The Morgan fingerprint density at radius 3 is 2.62 bits per heavy atom. The van der Waals surface area contributed by atoms with Crippen LogP contribution in [0.25, 0.3) is 21.3 Å². The fourth-order valence-corrected chi connectivity index (χ4v) is 5.54. The molecule has 0 N–H and O–H groups in total. The minimum Gasteiger partial charge on any atom is -0.339 e. The van der Waals surface area contributed by atoms with E-state index in [2.05, 4.69) is 21.8 Å². The minimum atomic E-state index is -0.262. The van der Waals surface area contributed by atoms with Crippen LogP contribution in [-0.2, 0) is 4.79 Å². The van der Waals surface area contributed by atoms with Gasteiger partial charge in [0.1, 0.15) is 22.0 Å². The smallest absolute Gasteiger partial charge is 0.235 e. The van der Waals surface area contributed by atoms with Gasteiger partial charge in [-0.25, -0.2) is 14.4 Å². The van der Waals surface area contributed by atoms with Crippen molar-refractivity contribution in [3.8, 4) is 11.1 Å². The van der Waals surface area contributed by atoms with Gasteiger partial charge in [0.2, 0.25) is 5.91 Å². The quantitative estimate of drug-likeness (QED) is 0.450. The summed E-state index contributed by atoms with van der Waals surface area (Å²) in [5.74, 6) is -0.113. The van der Waals surface area contributed by atoms with E-state index in [-0.39, 0.29) is 17.0 Å². The van der Waals surface area contributed by atoms with Crippen LogP contribution in [0.3, 0.4) is 0 Å². The molecule has 152 valence electrons. The lowest BCUT2D eigenvalue weighted by atomic mass is 10.1. The van der Waals surface area contributed by atoms with Crippen LogP contribution in [0.1, 0.15) is 13.8 Å². The summed E-state index contributed by atoms with van der Waals surface area (Å²) in [7, 11) is 0. The van der Waals surface area contributed by atoms with Crippen molar-refractivity contribution < 1.29 is 9.18 Å². The van der Waals surface area contributed by atoms with Gasteiger partial charge in [0.15, 0.2) is 0 Å². The van der Waals surface area contributed by atoms with Crippen molar-refractivity contribution in [3.63, 3.8) is 0 Å². The minimum absolute atomic E-state index is 0.149. The van der Waals surface area contributed by atoms with Crippen LogP contribution in [0.4, 0.5) is 4.39 Å². The molecule has 0 radical (unpaired) electrons. The first-order valence-electron chi connectivity index (χ1n) is 9.72. The number of thioether (sulfide) groups is 1. The highest BCUT2D eigenvalue weighted by Crippen LogP contribution is 2.39. The molecule has 29 heavy (non-hydrogen) atoms. The molecule has 0 unspecified atom stereocenters. The van der Waals surface area contributed by atoms with Crippen molar-refractivity contribution in [1.82, 2.24) is 19.8 Å². The molecule has 3 heterocycles. The van der Waals surface area contributed by atoms with Gasteiger partial charge in [-0.1, -0.05) is 30.8 Å². The zero-order chi connectivity index (χ0) is 20.4. The van der Waals surface area contributed by atoms with Gasteiger partial charge >= 0.3 is 0 Å². The molecule has 1 aromatic carbocycles. The maximum absolute atomic E-state index is 13.3. The van der Waals surface area contributed by atoms with E-state index in [4.69, 9.17) is 0 Å². The number of nitrogens with zero attached hydrogens (tertiary/aromatic N) is 4. The Kier molecular flexibility index (Phi) is 6.12. The van der Waals surface area contributed by atoms with Crippen LogP contribution in [0.5, 0.6) is 0 Å². The van der Waals surface area contributed by atoms with Crippen molar-refractivity contribution in [2.45, 2.75) is 24.1 Å². The number of likely N-dealkylation sites (N-methyl/N-ethyl adjacent to an activating group) is 1. The van der Waals surface area contributed by atoms with Crippen LogP contribution in [0, 0.1) is 5.82 Å². The Balaban J connectivity index is 1.57. The predicted molar refractivity (Wildman–Crippen MR) is 117 cm³/mol. The van der Waals surface area contributed by atoms with E-state index >= 15 is 0 Å². The molecule has 1 amide bonds. The van der Waals surface area contributed by atoms with E-state index in [0.29, 0.717) is 0 Å². The van der Waals surface area contributed by atoms with Crippen molar-refractivity contribution in [1.29, 1.82) is 0 Å². The van der Waals surface area contributed by atoms with Gasteiger partial charge in [-0.2, -0.15) is 0 Å². The number of carbonyl (C=O) groups is 1. The first-order valence-corrected chi connectivity index (χ1v) is 11.5. The molecule has 0 aliphatic carbocycles. The molecule has 1 atom stereocenters. The Labute approximate surface area is 177 Å². The molecule has 0 spiro atoms. The SMILES string of the molecule is CCN1CCN(C(=O)[C@H](C)Sc2ncnc3scc(-c4ccc(F)cc4)c23)CC1. The van der Waals surface area contributed by atoms with Gasteiger partial charge in [0, 0.05) is 37.1 Å². The van der Waals surface area contributed by atoms with Crippen molar-refractivity contribution in [2.75, 3.05) is 32.7 Å². The normalized spacial score (nSPS) is 16.3. The number of carbonyl (C=O) groups excluding carboxylic acids is 1. The molecule has 0 bridgehead atoms. The summed E-state index contributed by atoms with van der Waals surface area (Å²) in [5, 5.41) is 3.52. The number of fused-ring (bicyclic) bond motifs is 1. The number of hydrogen-bond donors (Lipinski definition) is 0. The molecule has 1 aliphatic heterocycles. The number of rotatable bonds is 5. The van der Waals surface area contributed by atoms with Gasteiger partial charge in [0.05, 0.1) is 10.6 Å². The second kappa shape index (κ2) is 8.77. The Morgan fingerprint density at radius 1 is 1.21 bits per heavy atom. The van der Waals surface area contributed by atoms with Crippen LogP contribution >= 0.6 is 23.1 Å². The summed E-state index contributed by atoms with van der Waals surface area (Å²) in [4.78, 5) is 27.0. The van der Waals surface area contributed by atoms with Crippen LogP contribution in [0.2, 0.25) is 0 Å². The predicted octanol–water partition coefficient (Wildman–Crippen LogP) is 4.14. The molecule has 5 nitrogen and oxygen atoms in total. The van der Waals surface area contributed by atoms with Gasteiger partial charge in [-0.3, -0.25) is 4.79 Å². The molecule has 1 fully saturated rings. The molecule has 8 heteroatoms. The molecular weight excluding hydrogens is 407 g/mol. The summed E-state index contributed by atoms with van der Waals surface area (Å²) >= 11 is 3.01. The average molecular weight is 431 g/mol. The fraction of sp³-hybridized carbons (Fsp3) is 0.381. The number of hydrogen-bond acceptors (Lipinski definition) is 6. The Hall–Kier alpha value is -2.03. The third-order valence-electron chi connectivity index (χ3n) is 5.26. The van der Waals surface area contributed by atoms with Crippen molar-refractivity contribution >= 4 is 39.2 Å². The monoisotopic (exact) mass is 430 g/mol. The lowest BCUT2D eigenvalue weighted by molar-refractivity contribution is -0.132. The molecule has 3 aromatic rings. The summed E-state index contributed by atoms with van der Waals surface area (Å²) in [5.41, 5.74) is 1.90. The van der Waals surface area contributed by atoms with E-state index in [1.807, 2.05) is 17.2 Å². The standard InChI is InChI=1S/C21H23FN4OS2/c1-3-25-8-10-26(11-9-25)21(27)14(2)29-20-18-17(12-28-19(18)23-13-24-20)15-4-6-16(22)7-5-15/h4-7,12-14H,3,8-11H2,1-2H3/t14-/m0/s1. The van der Waals surface area contributed by atoms with E-state index in [1.54, 1.807) is 18.5 Å². The highest BCUT2D eigenvalue weighted by Gasteiger charge is 2.26. The zero-order valence-electron chi connectivity index (χ0n) is 16.5. The zero-order valence-corrected chi connectivity index (χ0v) is 18.1. The molecule has 1 saturated heterocycles. The molecule has 4 rings (SSSR count). The maximum atomic E-state index is 13.3. The van der Waals surface area contributed by atoms with Crippen molar-refractivity contribution in [2.24, 2.45) is 0 Å². The summed E-state index contributed by atoms with van der Waals surface area (Å²) < 4.78 is 13.3. The highest BCUT2D eigenvalue weighted by atomic mass is 32.2. The van der Waals surface area contributed by atoms with E-state index in [1.165, 1.54) is 35.2 Å². The highest BCUT2D eigenvalue weighted by molar-refractivity contribution is 8.00. The van der Waals surface area contributed by atoms with E-state index in [0.717, 1.165) is 59.1 Å². The summed E-state index contributed by atoms with van der Waals surface area (Å²) in [6.07, 6.45) is 1.55. The first kappa shape index (κ1) is 20.3. The third-order valence-corrected chi connectivity index (χ3v) is 7.23. The second-order valence-corrected chi connectivity index (χ2v) is 9.22. The lowest BCUT2D eigenvalue weighted by Gasteiger charge is -2.35. The number of benzene rings is 1. The van der Waals surface area contributed by atoms with Crippen LogP contribution in [-0.4, -0.2) is 63.6 Å². The molecular formula is C21H23FN4OS2. The fourth-order valence-electron chi connectivity index (χ4n) is 3.54. The number of piperazine rings is 1. The Bertz CT molecular complexity index is 1000. The topological polar surface area (TPSA) is 49.3 Å². The maximum Gasteiger partial charge on any atom is 0.235 e.